The van der Waals surface area contributed by atoms with Gasteiger partial charge in [-0.2, -0.15) is 0 Å². The number of benzene rings is 1. The second-order valence-corrected chi connectivity index (χ2v) is 5.96. The third kappa shape index (κ3) is 3.26. The van der Waals surface area contributed by atoms with Crippen LogP contribution in [0.3, 0.4) is 0 Å². The molecule has 1 amide bonds. The minimum absolute atomic E-state index is 0.171. The standard InChI is InChI=1S/C14H19FN2O3/c1-13(2,3)20-12(18)17-9-4-5-11(15)10(6-9)14(19)7-16-8-14/h4-6,16,19H,7-8H2,1-3H3,(H,17,18). The van der Waals surface area contributed by atoms with Crippen molar-refractivity contribution < 1.29 is 19.0 Å². The lowest BCUT2D eigenvalue weighted by molar-refractivity contribution is -0.0176. The molecule has 0 aromatic heterocycles. The van der Waals surface area contributed by atoms with Crippen LogP contribution in [0.4, 0.5) is 14.9 Å². The predicted octanol–water partition coefficient (Wildman–Crippen LogP) is 1.96. The van der Waals surface area contributed by atoms with Gasteiger partial charge in [-0.25, -0.2) is 9.18 Å². The maximum atomic E-state index is 13.8. The second kappa shape index (κ2) is 5.03. The Morgan fingerprint density at radius 3 is 2.60 bits per heavy atom. The molecule has 0 bridgehead atoms. The molecule has 5 nitrogen and oxygen atoms in total. The molecule has 110 valence electrons. The molecule has 0 saturated carbocycles. The van der Waals surface area contributed by atoms with Gasteiger partial charge in [0.1, 0.15) is 17.0 Å². The molecular formula is C14H19FN2O3. The molecule has 2 rings (SSSR count). The zero-order valence-corrected chi connectivity index (χ0v) is 11.8. The average molecular weight is 282 g/mol. The summed E-state index contributed by atoms with van der Waals surface area (Å²) in [7, 11) is 0. The predicted molar refractivity (Wildman–Crippen MR) is 73.0 cm³/mol. The molecule has 1 aliphatic heterocycles. The number of rotatable bonds is 2. The zero-order valence-electron chi connectivity index (χ0n) is 11.8. The number of anilines is 1. The Morgan fingerprint density at radius 1 is 1.45 bits per heavy atom. The number of carbonyl (C=O) groups is 1. The lowest BCUT2D eigenvalue weighted by atomic mass is 9.87. The van der Waals surface area contributed by atoms with Gasteiger partial charge in [-0.15, -0.1) is 0 Å². The Morgan fingerprint density at radius 2 is 2.10 bits per heavy atom. The molecule has 1 saturated heterocycles. The fraction of sp³-hybridized carbons (Fsp3) is 0.500. The maximum Gasteiger partial charge on any atom is 0.412 e. The van der Waals surface area contributed by atoms with Crippen LogP contribution in [0.1, 0.15) is 26.3 Å². The molecule has 1 heterocycles. The van der Waals surface area contributed by atoms with Gasteiger partial charge in [0.05, 0.1) is 0 Å². The first kappa shape index (κ1) is 14.7. The summed E-state index contributed by atoms with van der Waals surface area (Å²) in [5, 5.41) is 15.6. The van der Waals surface area contributed by atoms with Crippen LogP contribution in [0.25, 0.3) is 0 Å². The first-order valence-corrected chi connectivity index (χ1v) is 6.43. The van der Waals surface area contributed by atoms with E-state index in [4.69, 9.17) is 4.74 Å². The van der Waals surface area contributed by atoms with Crippen LogP contribution in [0, 0.1) is 5.82 Å². The molecule has 1 aromatic carbocycles. The van der Waals surface area contributed by atoms with Crippen molar-refractivity contribution in [1.29, 1.82) is 0 Å². The van der Waals surface area contributed by atoms with E-state index in [1.165, 1.54) is 18.2 Å². The van der Waals surface area contributed by atoms with Crippen molar-refractivity contribution >= 4 is 11.8 Å². The smallest absolute Gasteiger partial charge is 0.412 e. The van der Waals surface area contributed by atoms with Crippen molar-refractivity contribution in [3.63, 3.8) is 0 Å². The van der Waals surface area contributed by atoms with E-state index in [0.717, 1.165) is 0 Å². The maximum absolute atomic E-state index is 13.8. The summed E-state index contributed by atoms with van der Waals surface area (Å²) in [5.74, 6) is -0.497. The monoisotopic (exact) mass is 282 g/mol. The summed E-state index contributed by atoms with van der Waals surface area (Å²) in [6, 6.07) is 4.08. The Balaban J connectivity index is 2.14. The normalized spacial score (nSPS) is 17.2. The minimum Gasteiger partial charge on any atom is -0.444 e. The Hall–Kier alpha value is -1.66. The van der Waals surface area contributed by atoms with E-state index >= 15 is 0 Å². The second-order valence-electron chi connectivity index (χ2n) is 5.96. The molecule has 1 aliphatic rings. The number of β-amino-alcohol motifs (C(OH)–C–C–N with tert-alkyl or cyclic N) is 1. The van der Waals surface area contributed by atoms with Gasteiger partial charge < -0.3 is 15.2 Å². The molecule has 0 spiro atoms. The van der Waals surface area contributed by atoms with Crippen LogP contribution in [0.5, 0.6) is 0 Å². The van der Waals surface area contributed by atoms with Crippen LogP contribution in [0.2, 0.25) is 0 Å². The van der Waals surface area contributed by atoms with Gasteiger partial charge in [0.25, 0.3) is 0 Å². The highest BCUT2D eigenvalue weighted by molar-refractivity contribution is 5.85. The molecular weight excluding hydrogens is 263 g/mol. The van der Waals surface area contributed by atoms with Gasteiger partial charge in [0.15, 0.2) is 0 Å². The summed E-state index contributed by atoms with van der Waals surface area (Å²) < 4.78 is 18.9. The molecule has 20 heavy (non-hydrogen) atoms. The van der Waals surface area contributed by atoms with E-state index in [0.29, 0.717) is 18.8 Å². The zero-order chi connectivity index (χ0) is 15.0. The molecule has 0 radical (unpaired) electrons. The van der Waals surface area contributed by atoms with Gasteiger partial charge in [0, 0.05) is 24.3 Å². The largest absolute Gasteiger partial charge is 0.444 e. The van der Waals surface area contributed by atoms with Crippen molar-refractivity contribution in [1.82, 2.24) is 5.32 Å². The van der Waals surface area contributed by atoms with Gasteiger partial charge in [0.2, 0.25) is 0 Å². The summed E-state index contributed by atoms with van der Waals surface area (Å²) >= 11 is 0. The van der Waals surface area contributed by atoms with Crippen LogP contribution in [-0.4, -0.2) is 29.9 Å². The molecule has 1 aromatic rings. The quantitative estimate of drug-likeness (QED) is 0.775. The number of carbonyl (C=O) groups excluding carboxylic acids is 1. The van der Waals surface area contributed by atoms with Crippen LogP contribution < -0.4 is 10.6 Å². The Kier molecular flexibility index (Phi) is 3.71. The Labute approximate surface area is 117 Å². The van der Waals surface area contributed by atoms with E-state index in [-0.39, 0.29) is 5.56 Å². The molecule has 0 aliphatic carbocycles. The number of halogens is 1. The van der Waals surface area contributed by atoms with Crippen LogP contribution >= 0.6 is 0 Å². The lowest BCUT2D eigenvalue weighted by Gasteiger charge is -2.38. The van der Waals surface area contributed by atoms with Crippen molar-refractivity contribution in [2.75, 3.05) is 18.4 Å². The Bertz CT molecular complexity index is 522. The highest BCUT2D eigenvalue weighted by atomic mass is 19.1. The van der Waals surface area contributed by atoms with Crippen molar-refractivity contribution in [3.8, 4) is 0 Å². The number of aliphatic hydroxyl groups is 1. The van der Waals surface area contributed by atoms with Crippen molar-refractivity contribution in [2.45, 2.75) is 32.0 Å². The third-order valence-corrected chi connectivity index (χ3v) is 2.95. The van der Waals surface area contributed by atoms with E-state index in [1.54, 1.807) is 20.8 Å². The van der Waals surface area contributed by atoms with Gasteiger partial charge in [-0.05, 0) is 39.0 Å². The van der Waals surface area contributed by atoms with Crippen molar-refractivity contribution in [3.05, 3.63) is 29.6 Å². The minimum atomic E-state index is -1.21. The fourth-order valence-corrected chi connectivity index (χ4v) is 1.93. The third-order valence-electron chi connectivity index (χ3n) is 2.95. The summed E-state index contributed by atoms with van der Waals surface area (Å²) in [6.07, 6.45) is -0.617. The average Bonchev–Trinajstić information content (AvgIpc) is 2.26. The molecule has 0 unspecified atom stereocenters. The van der Waals surface area contributed by atoms with E-state index in [9.17, 15) is 14.3 Å². The van der Waals surface area contributed by atoms with E-state index < -0.39 is 23.1 Å². The van der Waals surface area contributed by atoms with Crippen LogP contribution in [0.15, 0.2) is 18.2 Å². The first-order chi connectivity index (χ1) is 9.20. The fourth-order valence-electron chi connectivity index (χ4n) is 1.93. The summed E-state index contributed by atoms with van der Waals surface area (Å²) in [6.45, 7) is 5.85. The van der Waals surface area contributed by atoms with Gasteiger partial charge in [-0.1, -0.05) is 0 Å². The molecule has 3 N–H and O–H groups in total. The number of amides is 1. The van der Waals surface area contributed by atoms with Gasteiger partial charge >= 0.3 is 6.09 Å². The molecule has 1 fully saturated rings. The summed E-state index contributed by atoms with van der Waals surface area (Å²) in [4.78, 5) is 11.7. The SMILES string of the molecule is CC(C)(C)OC(=O)Nc1ccc(F)c(C2(O)CNC2)c1. The highest BCUT2D eigenvalue weighted by Crippen LogP contribution is 2.29. The number of nitrogens with one attached hydrogen (secondary N) is 2. The first-order valence-electron chi connectivity index (χ1n) is 6.43. The molecule has 0 atom stereocenters. The number of hydrogen-bond donors (Lipinski definition) is 3. The topological polar surface area (TPSA) is 70.6 Å². The highest BCUT2D eigenvalue weighted by Gasteiger charge is 2.38. The molecule has 6 heteroatoms. The van der Waals surface area contributed by atoms with Crippen LogP contribution in [-0.2, 0) is 10.3 Å². The van der Waals surface area contributed by atoms with E-state index in [2.05, 4.69) is 10.6 Å². The number of hydrogen-bond acceptors (Lipinski definition) is 4. The van der Waals surface area contributed by atoms with Gasteiger partial charge in [-0.3, -0.25) is 5.32 Å². The lowest BCUT2D eigenvalue weighted by Crippen LogP contribution is -2.57. The van der Waals surface area contributed by atoms with E-state index in [1.807, 2.05) is 0 Å². The number of ether oxygens (including phenoxy) is 1. The van der Waals surface area contributed by atoms with Crippen molar-refractivity contribution in [2.24, 2.45) is 0 Å². The summed E-state index contributed by atoms with van der Waals surface area (Å²) in [5.41, 5.74) is -1.26.